The third-order valence-corrected chi connectivity index (χ3v) is 6.60. The fourth-order valence-electron chi connectivity index (χ4n) is 3.14. The molecule has 2 aromatic carbocycles. The minimum absolute atomic E-state index is 0.0141. The zero-order valence-electron chi connectivity index (χ0n) is 17.3. The molecule has 3 atom stereocenters. The van der Waals surface area contributed by atoms with E-state index in [-0.39, 0.29) is 23.8 Å². The average molecular weight is 410 g/mol. The number of rotatable bonds is 7. The first-order valence-electron chi connectivity index (χ1n) is 9.90. The standard InChI is InChI=1S/C23H27N3O2S/c1-5-15(2)20(25-21(27)17-11-7-6-8-12-17)23(28)26(4)16(3)22-24-18-13-9-10-14-19(18)29-22/h6-16,20H,5H2,1-4H3,(H,25,27)/t15-,16-,20-/m0/s1. The highest BCUT2D eigenvalue weighted by molar-refractivity contribution is 7.18. The monoisotopic (exact) mass is 409 g/mol. The molecule has 3 rings (SSSR count). The third-order valence-electron chi connectivity index (χ3n) is 5.40. The molecule has 1 heterocycles. The molecule has 6 heteroatoms. The van der Waals surface area contributed by atoms with Crippen molar-refractivity contribution >= 4 is 33.4 Å². The molecule has 1 aromatic heterocycles. The summed E-state index contributed by atoms with van der Waals surface area (Å²) >= 11 is 1.60. The summed E-state index contributed by atoms with van der Waals surface area (Å²) in [5.74, 6) is -0.319. The first-order chi connectivity index (χ1) is 13.9. The molecular weight excluding hydrogens is 382 g/mol. The van der Waals surface area contributed by atoms with Gasteiger partial charge >= 0.3 is 0 Å². The normalized spacial score (nSPS) is 14.2. The summed E-state index contributed by atoms with van der Waals surface area (Å²) in [4.78, 5) is 32.4. The van der Waals surface area contributed by atoms with Gasteiger partial charge in [0.1, 0.15) is 11.0 Å². The van der Waals surface area contributed by atoms with Gasteiger partial charge in [-0.25, -0.2) is 4.98 Å². The van der Waals surface area contributed by atoms with E-state index in [9.17, 15) is 9.59 Å². The van der Waals surface area contributed by atoms with Gasteiger partial charge in [-0.3, -0.25) is 9.59 Å². The van der Waals surface area contributed by atoms with Crippen molar-refractivity contribution in [3.8, 4) is 0 Å². The third kappa shape index (κ3) is 4.65. The molecule has 0 bridgehead atoms. The molecule has 0 aliphatic heterocycles. The van der Waals surface area contributed by atoms with Gasteiger partial charge in [-0.15, -0.1) is 11.3 Å². The fraction of sp³-hybridized carbons (Fsp3) is 0.348. The smallest absolute Gasteiger partial charge is 0.251 e. The van der Waals surface area contributed by atoms with Crippen molar-refractivity contribution in [2.45, 2.75) is 39.3 Å². The average Bonchev–Trinajstić information content (AvgIpc) is 3.20. The maximum atomic E-state index is 13.3. The number of hydrogen-bond acceptors (Lipinski definition) is 4. The molecular formula is C23H27N3O2S. The van der Waals surface area contributed by atoms with Crippen LogP contribution in [0.3, 0.4) is 0 Å². The zero-order valence-corrected chi connectivity index (χ0v) is 18.1. The van der Waals surface area contributed by atoms with Crippen molar-refractivity contribution in [1.29, 1.82) is 0 Å². The Balaban J connectivity index is 1.79. The second kappa shape index (κ2) is 9.18. The second-order valence-corrected chi connectivity index (χ2v) is 8.41. The van der Waals surface area contributed by atoms with Crippen molar-refractivity contribution in [3.63, 3.8) is 0 Å². The highest BCUT2D eigenvalue weighted by atomic mass is 32.1. The van der Waals surface area contributed by atoms with Gasteiger partial charge in [0.15, 0.2) is 0 Å². The summed E-state index contributed by atoms with van der Waals surface area (Å²) in [6.45, 7) is 5.99. The molecule has 29 heavy (non-hydrogen) atoms. The number of hydrogen-bond donors (Lipinski definition) is 1. The summed E-state index contributed by atoms with van der Waals surface area (Å²) < 4.78 is 1.10. The van der Waals surface area contributed by atoms with Crippen molar-refractivity contribution in [1.82, 2.24) is 15.2 Å². The lowest BCUT2D eigenvalue weighted by atomic mass is 9.97. The highest BCUT2D eigenvalue weighted by Gasteiger charge is 2.31. The van der Waals surface area contributed by atoms with Crippen LogP contribution in [0.2, 0.25) is 0 Å². The SMILES string of the molecule is CC[C@H](C)[C@H](NC(=O)c1ccccc1)C(=O)N(C)[C@@H](C)c1nc2ccccc2s1. The van der Waals surface area contributed by atoms with E-state index in [2.05, 4.69) is 10.3 Å². The molecule has 0 saturated carbocycles. The molecule has 1 N–H and O–H groups in total. The van der Waals surface area contributed by atoms with Crippen LogP contribution in [0.4, 0.5) is 0 Å². The van der Waals surface area contributed by atoms with Crippen molar-refractivity contribution in [3.05, 3.63) is 65.2 Å². The molecule has 0 aliphatic carbocycles. The number of para-hydroxylation sites is 1. The first-order valence-corrected chi connectivity index (χ1v) is 10.7. The maximum absolute atomic E-state index is 13.3. The van der Waals surface area contributed by atoms with Gasteiger partial charge in [0.25, 0.3) is 5.91 Å². The summed E-state index contributed by atoms with van der Waals surface area (Å²) in [5.41, 5.74) is 1.49. The van der Waals surface area contributed by atoms with E-state index in [1.165, 1.54) is 0 Å². The second-order valence-electron chi connectivity index (χ2n) is 7.35. The number of likely N-dealkylation sites (N-methyl/N-ethyl adjacent to an activating group) is 1. The number of nitrogens with zero attached hydrogens (tertiary/aromatic N) is 2. The highest BCUT2D eigenvalue weighted by Crippen LogP contribution is 2.29. The summed E-state index contributed by atoms with van der Waals surface area (Å²) in [6, 6.07) is 16.2. The topological polar surface area (TPSA) is 62.3 Å². The Morgan fingerprint density at radius 1 is 1.07 bits per heavy atom. The molecule has 5 nitrogen and oxygen atoms in total. The van der Waals surface area contributed by atoms with E-state index in [1.54, 1.807) is 35.4 Å². The van der Waals surface area contributed by atoms with Crippen LogP contribution >= 0.6 is 11.3 Å². The Labute approximate surface area is 175 Å². The Kier molecular flexibility index (Phi) is 6.64. The van der Waals surface area contributed by atoms with Gasteiger partial charge < -0.3 is 10.2 Å². The number of benzene rings is 2. The van der Waals surface area contributed by atoms with Crippen molar-refractivity contribution in [2.75, 3.05) is 7.05 Å². The lowest BCUT2D eigenvalue weighted by Gasteiger charge is -2.31. The van der Waals surface area contributed by atoms with E-state index in [0.29, 0.717) is 5.56 Å². The number of nitrogens with one attached hydrogen (secondary N) is 1. The van der Waals surface area contributed by atoms with Crippen LogP contribution in [0.15, 0.2) is 54.6 Å². The number of fused-ring (bicyclic) bond motifs is 1. The van der Waals surface area contributed by atoms with Crippen LogP contribution in [-0.2, 0) is 4.79 Å². The predicted octanol–water partition coefficient (Wildman–Crippen LogP) is 4.66. The Bertz CT molecular complexity index is 953. The van der Waals surface area contributed by atoms with E-state index >= 15 is 0 Å². The van der Waals surface area contributed by atoms with E-state index in [1.807, 2.05) is 63.2 Å². The van der Waals surface area contributed by atoms with Gasteiger partial charge in [-0.1, -0.05) is 50.6 Å². The van der Waals surface area contributed by atoms with Gasteiger partial charge in [-0.05, 0) is 37.1 Å². The molecule has 0 aliphatic rings. The summed E-state index contributed by atoms with van der Waals surface area (Å²) in [6.07, 6.45) is 0.787. The van der Waals surface area contributed by atoms with Crippen LogP contribution in [0.1, 0.15) is 48.6 Å². The van der Waals surface area contributed by atoms with E-state index in [4.69, 9.17) is 0 Å². The molecule has 0 unspecified atom stereocenters. The maximum Gasteiger partial charge on any atom is 0.251 e. The minimum Gasteiger partial charge on any atom is -0.340 e. The molecule has 0 spiro atoms. The number of carbonyl (C=O) groups is 2. The zero-order chi connectivity index (χ0) is 21.0. The van der Waals surface area contributed by atoms with Gasteiger partial charge in [0, 0.05) is 12.6 Å². The van der Waals surface area contributed by atoms with Crippen LogP contribution in [0, 0.1) is 5.92 Å². The van der Waals surface area contributed by atoms with Crippen LogP contribution in [0.5, 0.6) is 0 Å². The summed E-state index contributed by atoms with van der Waals surface area (Å²) in [5, 5.41) is 3.84. The molecule has 152 valence electrons. The molecule has 0 radical (unpaired) electrons. The van der Waals surface area contributed by atoms with E-state index in [0.717, 1.165) is 21.6 Å². The number of thiazole rings is 1. The lowest BCUT2D eigenvalue weighted by Crippen LogP contribution is -2.51. The number of amides is 2. The van der Waals surface area contributed by atoms with E-state index < -0.39 is 6.04 Å². The Hall–Kier alpha value is -2.73. The Morgan fingerprint density at radius 2 is 1.72 bits per heavy atom. The quantitative estimate of drug-likeness (QED) is 0.617. The number of carbonyl (C=O) groups excluding carboxylic acids is 2. The van der Waals surface area contributed by atoms with Crippen LogP contribution in [0.25, 0.3) is 10.2 Å². The van der Waals surface area contributed by atoms with Gasteiger partial charge in [0.2, 0.25) is 5.91 Å². The molecule has 3 aromatic rings. The molecule has 0 saturated heterocycles. The van der Waals surface area contributed by atoms with Crippen LogP contribution < -0.4 is 5.32 Å². The van der Waals surface area contributed by atoms with Crippen LogP contribution in [-0.4, -0.2) is 34.8 Å². The lowest BCUT2D eigenvalue weighted by molar-refractivity contribution is -0.135. The van der Waals surface area contributed by atoms with Crippen molar-refractivity contribution < 1.29 is 9.59 Å². The fourth-order valence-corrected chi connectivity index (χ4v) is 4.20. The number of aromatic nitrogens is 1. The van der Waals surface area contributed by atoms with Crippen molar-refractivity contribution in [2.24, 2.45) is 5.92 Å². The largest absolute Gasteiger partial charge is 0.340 e. The first kappa shape index (κ1) is 21.0. The molecule has 2 amide bonds. The van der Waals surface area contributed by atoms with Gasteiger partial charge in [0.05, 0.1) is 16.3 Å². The molecule has 0 fully saturated rings. The summed E-state index contributed by atoms with van der Waals surface area (Å²) in [7, 11) is 1.78. The van der Waals surface area contributed by atoms with Gasteiger partial charge in [-0.2, -0.15) is 0 Å². The Morgan fingerprint density at radius 3 is 2.38 bits per heavy atom. The minimum atomic E-state index is -0.588. The predicted molar refractivity (Wildman–Crippen MR) is 118 cm³/mol.